The molecule has 0 aliphatic heterocycles. The molecule has 2 bridgehead atoms. The number of rotatable bonds is 1. The summed E-state index contributed by atoms with van der Waals surface area (Å²) in [5.41, 5.74) is 2.33. The lowest BCUT2D eigenvalue weighted by Crippen LogP contribution is -1.95. The molecule has 0 saturated carbocycles. The van der Waals surface area contributed by atoms with Crippen LogP contribution in [0.25, 0.3) is 5.69 Å². The predicted octanol–water partition coefficient (Wildman–Crippen LogP) is 2.73. The molecule has 2 aliphatic carbocycles. The summed E-state index contributed by atoms with van der Waals surface area (Å²) in [4.78, 5) is 0. The van der Waals surface area contributed by atoms with Crippen LogP contribution < -0.4 is 0 Å². The van der Waals surface area contributed by atoms with Crippen LogP contribution in [0.1, 0.15) is 29.4 Å². The van der Waals surface area contributed by atoms with E-state index in [-0.39, 0.29) is 29.3 Å². The van der Waals surface area contributed by atoms with Gasteiger partial charge in [-0.1, -0.05) is 12.2 Å². The van der Waals surface area contributed by atoms with E-state index in [0.717, 1.165) is 17.5 Å². The number of phenolic OH excluding ortho intramolecular Hbond substituents is 1. The molecule has 4 heteroatoms. The third-order valence-corrected chi connectivity index (χ3v) is 4.13. The number of fused-ring (bicyclic) bond motifs is 5. The lowest BCUT2D eigenvalue weighted by atomic mass is 10.0. The molecule has 2 atom stereocenters. The van der Waals surface area contributed by atoms with Crippen molar-refractivity contribution in [2.45, 2.75) is 18.3 Å². The van der Waals surface area contributed by atoms with Gasteiger partial charge in [0.05, 0.1) is 5.69 Å². The van der Waals surface area contributed by atoms with Gasteiger partial charge in [0.25, 0.3) is 0 Å². The van der Waals surface area contributed by atoms with E-state index in [1.807, 2.05) is 0 Å². The first-order valence-corrected chi connectivity index (χ1v) is 6.31. The Balaban J connectivity index is 1.94. The SMILES string of the molecule is Oc1ccc(-n2c(O)c3c(c2O)[C@H]2C=C[C@@H]3C2)cc1. The molecule has 0 radical (unpaired) electrons. The molecule has 0 amide bonds. The van der Waals surface area contributed by atoms with Crippen LogP contribution in [-0.4, -0.2) is 19.9 Å². The van der Waals surface area contributed by atoms with E-state index >= 15 is 0 Å². The fourth-order valence-electron chi connectivity index (χ4n) is 3.29. The summed E-state index contributed by atoms with van der Waals surface area (Å²) in [6, 6.07) is 6.40. The number of hydrogen-bond acceptors (Lipinski definition) is 3. The maximum Gasteiger partial charge on any atom is 0.202 e. The highest BCUT2D eigenvalue weighted by molar-refractivity contribution is 5.62. The first kappa shape index (κ1) is 10.6. The van der Waals surface area contributed by atoms with Gasteiger partial charge in [-0.3, -0.25) is 4.57 Å². The van der Waals surface area contributed by atoms with E-state index in [1.165, 1.54) is 16.7 Å². The lowest BCUT2D eigenvalue weighted by Gasteiger charge is -2.09. The molecule has 0 spiro atoms. The third kappa shape index (κ3) is 1.23. The normalized spacial score (nSPS) is 22.9. The molecular formula is C15H13NO3. The molecule has 2 aromatic rings. The highest BCUT2D eigenvalue weighted by Crippen LogP contribution is 2.57. The van der Waals surface area contributed by atoms with Crippen molar-refractivity contribution >= 4 is 0 Å². The average Bonchev–Trinajstić information content (AvgIpc) is 3.06. The van der Waals surface area contributed by atoms with Crippen LogP contribution >= 0.6 is 0 Å². The second-order valence-corrected chi connectivity index (χ2v) is 5.16. The molecule has 4 nitrogen and oxygen atoms in total. The summed E-state index contributed by atoms with van der Waals surface area (Å²) < 4.78 is 1.44. The lowest BCUT2D eigenvalue weighted by molar-refractivity contribution is 0.395. The van der Waals surface area contributed by atoms with Crippen molar-refractivity contribution in [1.82, 2.24) is 4.57 Å². The molecule has 2 aliphatic rings. The van der Waals surface area contributed by atoms with Crippen molar-refractivity contribution in [3.63, 3.8) is 0 Å². The van der Waals surface area contributed by atoms with Gasteiger partial charge in [0.2, 0.25) is 11.8 Å². The summed E-state index contributed by atoms with van der Waals surface area (Å²) >= 11 is 0. The van der Waals surface area contributed by atoms with Crippen LogP contribution in [0.2, 0.25) is 0 Å². The minimum absolute atomic E-state index is 0.107. The Morgan fingerprint density at radius 2 is 1.37 bits per heavy atom. The zero-order valence-electron chi connectivity index (χ0n) is 10.1. The van der Waals surface area contributed by atoms with Gasteiger partial charge in [-0.2, -0.15) is 0 Å². The molecule has 1 aromatic carbocycles. The minimum Gasteiger partial charge on any atom is -0.508 e. The molecule has 0 fully saturated rings. The quantitative estimate of drug-likeness (QED) is 0.686. The molecule has 0 unspecified atom stereocenters. The van der Waals surface area contributed by atoms with Crippen LogP contribution in [0.3, 0.4) is 0 Å². The number of aromatic nitrogens is 1. The van der Waals surface area contributed by atoms with Crippen LogP contribution in [0.4, 0.5) is 0 Å². The van der Waals surface area contributed by atoms with Gasteiger partial charge in [-0.25, -0.2) is 0 Å². The maximum absolute atomic E-state index is 10.4. The maximum atomic E-state index is 10.4. The fourth-order valence-corrected chi connectivity index (χ4v) is 3.29. The Morgan fingerprint density at radius 1 is 0.842 bits per heavy atom. The summed E-state index contributed by atoms with van der Waals surface area (Å²) in [5.74, 6) is 0.794. The fraction of sp³-hybridized carbons (Fsp3) is 0.200. The van der Waals surface area contributed by atoms with E-state index in [4.69, 9.17) is 0 Å². The standard InChI is InChI=1S/C15H13NO3/c17-11-5-3-10(4-6-11)16-14(18)12-8-1-2-9(7-8)13(12)15(16)19/h1-6,8-9,17-19H,7H2/t8-,9+. The van der Waals surface area contributed by atoms with E-state index in [0.29, 0.717) is 5.69 Å². The van der Waals surface area contributed by atoms with Crippen molar-refractivity contribution in [2.75, 3.05) is 0 Å². The summed E-state index contributed by atoms with van der Waals surface area (Å²) in [7, 11) is 0. The monoisotopic (exact) mass is 255 g/mol. The third-order valence-electron chi connectivity index (χ3n) is 4.13. The Kier molecular flexibility index (Phi) is 1.86. The number of hydrogen-bond donors (Lipinski definition) is 3. The van der Waals surface area contributed by atoms with Crippen molar-refractivity contribution in [2.24, 2.45) is 0 Å². The Morgan fingerprint density at radius 3 is 1.89 bits per heavy atom. The highest BCUT2D eigenvalue weighted by atomic mass is 16.3. The number of phenols is 1. The molecule has 0 saturated heterocycles. The van der Waals surface area contributed by atoms with E-state index in [1.54, 1.807) is 12.1 Å². The highest BCUT2D eigenvalue weighted by Gasteiger charge is 2.41. The molecule has 1 aromatic heterocycles. The molecule has 96 valence electrons. The van der Waals surface area contributed by atoms with Gasteiger partial charge in [-0.05, 0) is 30.7 Å². The van der Waals surface area contributed by atoms with Gasteiger partial charge in [0.1, 0.15) is 5.75 Å². The zero-order valence-corrected chi connectivity index (χ0v) is 10.1. The summed E-state index contributed by atoms with van der Waals surface area (Å²) in [5, 5.41) is 30.1. The summed E-state index contributed by atoms with van der Waals surface area (Å²) in [6.45, 7) is 0. The second-order valence-electron chi connectivity index (χ2n) is 5.16. The Bertz CT molecular complexity index is 662. The topological polar surface area (TPSA) is 65.6 Å². The predicted molar refractivity (Wildman–Crippen MR) is 70.0 cm³/mol. The number of aromatic hydroxyl groups is 3. The number of nitrogens with zero attached hydrogens (tertiary/aromatic N) is 1. The molecule has 4 rings (SSSR count). The van der Waals surface area contributed by atoms with Gasteiger partial charge in [0.15, 0.2) is 0 Å². The van der Waals surface area contributed by atoms with Crippen LogP contribution in [-0.2, 0) is 0 Å². The van der Waals surface area contributed by atoms with E-state index in [9.17, 15) is 15.3 Å². The van der Waals surface area contributed by atoms with Crippen molar-refractivity contribution in [3.8, 4) is 23.2 Å². The first-order valence-electron chi connectivity index (χ1n) is 6.31. The van der Waals surface area contributed by atoms with Crippen LogP contribution in [0, 0.1) is 0 Å². The summed E-state index contributed by atoms with van der Waals surface area (Å²) in [6.07, 6.45) is 5.13. The van der Waals surface area contributed by atoms with E-state index < -0.39 is 0 Å². The van der Waals surface area contributed by atoms with Gasteiger partial charge >= 0.3 is 0 Å². The molecule has 19 heavy (non-hydrogen) atoms. The number of benzene rings is 1. The molecular weight excluding hydrogens is 242 g/mol. The van der Waals surface area contributed by atoms with Crippen molar-refractivity contribution in [1.29, 1.82) is 0 Å². The second kappa shape index (κ2) is 3.35. The average molecular weight is 255 g/mol. The smallest absolute Gasteiger partial charge is 0.202 e. The first-order chi connectivity index (χ1) is 9.16. The Hall–Kier alpha value is -2.36. The van der Waals surface area contributed by atoms with Crippen LogP contribution in [0.15, 0.2) is 36.4 Å². The number of allylic oxidation sites excluding steroid dienone is 2. The zero-order chi connectivity index (χ0) is 13.1. The Labute approximate surface area is 109 Å². The largest absolute Gasteiger partial charge is 0.508 e. The van der Waals surface area contributed by atoms with Crippen LogP contribution in [0.5, 0.6) is 17.5 Å². The van der Waals surface area contributed by atoms with Crippen molar-refractivity contribution < 1.29 is 15.3 Å². The molecule has 1 heterocycles. The van der Waals surface area contributed by atoms with Gasteiger partial charge in [0, 0.05) is 23.0 Å². The minimum atomic E-state index is 0.107. The van der Waals surface area contributed by atoms with Gasteiger partial charge in [-0.15, -0.1) is 0 Å². The van der Waals surface area contributed by atoms with Gasteiger partial charge < -0.3 is 15.3 Å². The molecule has 3 N–H and O–H groups in total. The van der Waals surface area contributed by atoms with E-state index in [2.05, 4.69) is 12.2 Å². The van der Waals surface area contributed by atoms with Crippen molar-refractivity contribution in [3.05, 3.63) is 47.5 Å².